The lowest BCUT2D eigenvalue weighted by atomic mass is 10.1. The van der Waals surface area contributed by atoms with Crippen LogP contribution in [0.15, 0.2) is 30.6 Å². The van der Waals surface area contributed by atoms with Gasteiger partial charge in [0.05, 0.1) is 13.2 Å². The van der Waals surface area contributed by atoms with Gasteiger partial charge in [-0.05, 0) is 17.7 Å². The molecule has 2 aromatic rings. The van der Waals surface area contributed by atoms with E-state index in [9.17, 15) is 0 Å². The highest BCUT2D eigenvalue weighted by atomic mass is 35.5. The number of hydrogen-bond donors (Lipinski definition) is 2. The highest BCUT2D eigenvalue weighted by Crippen LogP contribution is 2.28. The predicted octanol–water partition coefficient (Wildman–Crippen LogP) is 2.12. The van der Waals surface area contributed by atoms with Crippen molar-refractivity contribution in [2.45, 2.75) is 6.04 Å². The molecule has 1 aromatic carbocycles. The first-order valence-corrected chi connectivity index (χ1v) is 5.18. The third kappa shape index (κ3) is 2.03. The quantitative estimate of drug-likeness (QED) is 0.860. The Balaban J connectivity index is 2.34. The molecule has 1 unspecified atom stereocenters. The SMILES string of the molecule is COc1ccc(C(N)c2ncc[nH]2)c(Cl)c1. The van der Waals surface area contributed by atoms with E-state index in [-0.39, 0.29) is 6.04 Å². The van der Waals surface area contributed by atoms with E-state index in [1.165, 1.54) is 0 Å². The molecule has 16 heavy (non-hydrogen) atoms. The number of nitrogens with zero attached hydrogens (tertiary/aromatic N) is 1. The molecule has 0 aliphatic rings. The molecule has 0 fully saturated rings. The van der Waals surface area contributed by atoms with Crippen molar-refractivity contribution in [1.82, 2.24) is 9.97 Å². The molecule has 84 valence electrons. The summed E-state index contributed by atoms with van der Waals surface area (Å²) in [7, 11) is 1.60. The Morgan fingerprint density at radius 1 is 1.50 bits per heavy atom. The van der Waals surface area contributed by atoms with Gasteiger partial charge in [-0.2, -0.15) is 0 Å². The van der Waals surface area contributed by atoms with Crippen LogP contribution >= 0.6 is 11.6 Å². The van der Waals surface area contributed by atoms with E-state index in [1.807, 2.05) is 12.1 Å². The molecule has 0 aliphatic heterocycles. The number of methoxy groups -OCH3 is 1. The number of aromatic nitrogens is 2. The van der Waals surface area contributed by atoms with E-state index in [0.717, 1.165) is 5.56 Å². The minimum Gasteiger partial charge on any atom is -0.497 e. The summed E-state index contributed by atoms with van der Waals surface area (Å²) < 4.78 is 5.07. The lowest BCUT2D eigenvalue weighted by Crippen LogP contribution is -2.14. The summed E-state index contributed by atoms with van der Waals surface area (Å²) in [4.78, 5) is 7.07. The molecule has 0 spiro atoms. The summed E-state index contributed by atoms with van der Waals surface area (Å²) in [6, 6.07) is 5.05. The van der Waals surface area contributed by atoms with Gasteiger partial charge in [0.25, 0.3) is 0 Å². The number of halogens is 1. The molecule has 1 aromatic heterocycles. The molecule has 0 aliphatic carbocycles. The van der Waals surface area contributed by atoms with Crippen LogP contribution in [0.25, 0.3) is 0 Å². The smallest absolute Gasteiger partial charge is 0.127 e. The molecule has 4 nitrogen and oxygen atoms in total. The number of hydrogen-bond acceptors (Lipinski definition) is 3. The number of benzene rings is 1. The Hall–Kier alpha value is -1.52. The summed E-state index contributed by atoms with van der Waals surface area (Å²) in [5.74, 6) is 1.40. The average Bonchev–Trinajstić information content (AvgIpc) is 2.81. The fourth-order valence-corrected chi connectivity index (χ4v) is 1.77. The highest BCUT2D eigenvalue weighted by molar-refractivity contribution is 6.31. The topological polar surface area (TPSA) is 63.9 Å². The Labute approximate surface area is 98.4 Å². The zero-order valence-corrected chi connectivity index (χ0v) is 9.53. The Morgan fingerprint density at radius 3 is 2.88 bits per heavy atom. The van der Waals surface area contributed by atoms with Gasteiger partial charge < -0.3 is 15.5 Å². The lowest BCUT2D eigenvalue weighted by molar-refractivity contribution is 0.414. The van der Waals surface area contributed by atoms with E-state index in [4.69, 9.17) is 22.1 Å². The Bertz CT molecular complexity index is 470. The van der Waals surface area contributed by atoms with E-state index in [2.05, 4.69) is 9.97 Å². The third-order valence-electron chi connectivity index (χ3n) is 2.36. The first-order valence-electron chi connectivity index (χ1n) is 4.80. The van der Waals surface area contributed by atoms with Crippen molar-refractivity contribution in [2.75, 3.05) is 7.11 Å². The Kier molecular flexibility index (Phi) is 3.12. The normalized spacial score (nSPS) is 12.4. The van der Waals surface area contributed by atoms with E-state index in [0.29, 0.717) is 16.6 Å². The van der Waals surface area contributed by atoms with Crippen molar-refractivity contribution in [1.29, 1.82) is 0 Å². The number of nitrogens with one attached hydrogen (secondary N) is 1. The zero-order valence-electron chi connectivity index (χ0n) is 8.77. The van der Waals surface area contributed by atoms with Gasteiger partial charge in [0, 0.05) is 17.4 Å². The second-order valence-electron chi connectivity index (χ2n) is 3.34. The molecular weight excluding hydrogens is 226 g/mol. The summed E-state index contributed by atoms with van der Waals surface area (Å²) in [5.41, 5.74) is 6.85. The van der Waals surface area contributed by atoms with Crippen molar-refractivity contribution >= 4 is 11.6 Å². The number of rotatable bonds is 3. The van der Waals surface area contributed by atoms with Crippen LogP contribution < -0.4 is 10.5 Å². The largest absolute Gasteiger partial charge is 0.497 e. The first-order chi connectivity index (χ1) is 7.72. The zero-order chi connectivity index (χ0) is 11.5. The van der Waals surface area contributed by atoms with Crippen molar-refractivity contribution in [3.8, 4) is 5.75 Å². The summed E-state index contributed by atoms with van der Waals surface area (Å²) >= 11 is 6.12. The van der Waals surface area contributed by atoms with Gasteiger partial charge in [-0.25, -0.2) is 4.98 Å². The van der Waals surface area contributed by atoms with Crippen molar-refractivity contribution in [2.24, 2.45) is 5.73 Å². The lowest BCUT2D eigenvalue weighted by Gasteiger charge is -2.12. The molecule has 0 amide bonds. The van der Waals surface area contributed by atoms with Gasteiger partial charge in [-0.15, -0.1) is 0 Å². The van der Waals surface area contributed by atoms with Crippen LogP contribution in [0.5, 0.6) is 5.75 Å². The van der Waals surface area contributed by atoms with Crippen LogP contribution in [0.3, 0.4) is 0 Å². The van der Waals surface area contributed by atoms with Crippen molar-refractivity contribution in [3.63, 3.8) is 0 Å². The number of aromatic amines is 1. The van der Waals surface area contributed by atoms with Gasteiger partial charge in [-0.1, -0.05) is 17.7 Å². The second kappa shape index (κ2) is 4.55. The minimum atomic E-state index is -0.353. The first kappa shape index (κ1) is 11.0. The molecule has 3 N–H and O–H groups in total. The molecule has 0 radical (unpaired) electrons. The standard InChI is InChI=1S/C11H12ClN3O/c1-16-7-2-3-8(9(12)6-7)10(13)11-14-4-5-15-11/h2-6,10H,13H2,1H3,(H,14,15). The molecule has 0 saturated heterocycles. The monoisotopic (exact) mass is 237 g/mol. The molecule has 1 atom stereocenters. The third-order valence-corrected chi connectivity index (χ3v) is 2.68. The van der Waals surface area contributed by atoms with Crippen LogP contribution in [-0.4, -0.2) is 17.1 Å². The predicted molar refractivity (Wildman–Crippen MR) is 62.6 cm³/mol. The average molecular weight is 238 g/mol. The summed E-state index contributed by atoms with van der Waals surface area (Å²) in [6.07, 6.45) is 3.39. The fraction of sp³-hybridized carbons (Fsp3) is 0.182. The van der Waals surface area contributed by atoms with Crippen LogP contribution in [0, 0.1) is 0 Å². The van der Waals surface area contributed by atoms with Crippen molar-refractivity contribution in [3.05, 3.63) is 47.0 Å². The number of H-pyrrole nitrogens is 1. The van der Waals surface area contributed by atoms with E-state index >= 15 is 0 Å². The summed E-state index contributed by atoms with van der Waals surface area (Å²) in [5, 5.41) is 0.572. The van der Waals surface area contributed by atoms with Gasteiger partial charge >= 0.3 is 0 Å². The van der Waals surface area contributed by atoms with Gasteiger partial charge in [0.2, 0.25) is 0 Å². The van der Waals surface area contributed by atoms with Crippen LogP contribution in [0.4, 0.5) is 0 Å². The van der Waals surface area contributed by atoms with E-state index in [1.54, 1.807) is 25.6 Å². The molecular formula is C11H12ClN3O. The van der Waals surface area contributed by atoms with Crippen LogP contribution in [-0.2, 0) is 0 Å². The van der Waals surface area contributed by atoms with Crippen LogP contribution in [0.2, 0.25) is 5.02 Å². The van der Waals surface area contributed by atoms with Gasteiger partial charge in [-0.3, -0.25) is 0 Å². The fourth-order valence-electron chi connectivity index (χ4n) is 1.48. The number of imidazole rings is 1. The minimum absolute atomic E-state index is 0.353. The molecule has 1 heterocycles. The van der Waals surface area contributed by atoms with E-state index < -0.39 is 0 Å². The molecule has 2 rings (SSSR count). The summed E-state index contributed by atoms with van der Waals surface area (Å²) in [6.45, 7) is 0. The molecule has 0 saturated carbocycles. The maximum Gasteiger partial charge on any atom is 0.127 e. The molecule has 0 bridgehead atoms. The molecule has 5 heteroatoms. The van der Waals surface area contributed by atoms with Crippen molar-refractivity contribution < 1.29 is 4.74 Å². The maximum absolute atomic E-state index is 6.12. The number of nitrogens with two attached hydrogens (primary N) is 1. The van der Waals surface area contributed by atoms with Crippen LogP contribution in [0.1, 0.15) is 17.4 Å². The van der Waals surface area contributed by atoms with Gasteiger partial charge in [0.15, 0.2) is 0 Å². The van der Waals surface area contributed by atoms with Gasteiger partial charge in [0.1, 0.15) is 11.6 Å². The highest BCUT2D eigenvalue weighted by Gasteiger charge is 2.14. The maximum atomic E-state index is 6.12. The second-order valence-corrected chi connectivity index (χ2v) is 3.75. The Morgan fingerprint density at radius 2 is 2.31 bits per heavy atom. The number of ether oxygens (including phenoxy) is 1.